The number of pyridine rings is 1. The highest BCUT2D eigenvalue weighted by Gasteiger charge is 2.21. The Labute approximate surface area is 149 Å². The lowest BCUT2D eigenvalue weighted by atomic mass is 10.00. The molecule has 1 aliphatic heterocycles. The van der Waals surface area contributed by atoms with Gasteiger partial charge in [-0.15, -0.1) is 5.10 Å². The number of thioether (sulfide) groups is 1. The van der Waals surface area contributed by atoms with E-state index in [1.54, 1.807) is 17.1 Å². The Morgan fingerprint density at radius 1 is 1.16 bits per heavy atom. The van der Waals surface area contributed by atoms with Crippen LogP contribution >= 0.6 is 11.8 Å². The number of amides is 1. The van der Waals surface area contributed by atoms with Gasteiger partial charge in [0.1, 0.15) is 0 Å². The van der Waals surface area contributed by atoms with Crippen LogP contribution in [-0.4, -0.2) is 48.3 Å². The molecule has 0 fully saturated rings. The monoisotopic (exact) mass is 352 g/mol. The van der Waals surface area contributed by atoms with E-state index in [-0.39, 0.29) is 5.91 Å². The largest absolute Gasteiger partial charge is 0.337 e. The van der Waals surface area contributed by atoms with Crippen molar-refractivity contribution in [1.29, 1.82) is 0 Å². The summed E-state index contributed by atoms with van der Waals surface area (Å²) in [5.74, 6) is 0.406. The second-order valence-corrected chi connectivity index (χ2v) is 6.65. The van der Waals surface area contributed by atoms with Crippen molar-refractivity contribution in [3.63, 3.8) is 0 Å². The van der Waals surface area contributed by atoms with Crippen LogP contribution in [0, 0.1) is 0 Å². The molecule has 3 heterocycles. The van der Waals surface area contributed by atoms with Gasteiger partial charge in [-0.05, 0) is 40.1 Å². The molecule has 1 aliphatic rings. The van der Waals surface area contributed by atoms with Crippen molar-refractivity contribution in [2.75, 3.05) is 12.3 Å². The Kier molecular flexibility index (Phi) is 4.43. The average Bonchev–Trinajstić information content (AvgIpc) is 3.15. The molecule has 0 spiro atoms. The molecular weight excluding hydrogens is 336 g/mol. The van der Waals surface area contributed by atoms with Crippen molar-refractivity contribution in [3.8, 4) is 5.69 Å². The van der Waals surface area contributed by atoms with Crippen LogP contribution in [0.1, 0.15) is 11.1 Å². The summed E-state index contributed by atoms with van der Waals surface area (Å²) in [5.41, 5.74) is 3.33. The van der Waals surface area contributed by atoms with Gasteiger partial charge >= 0.3 is 0 Å². The summed E-state index contributed by atoms with van der Waals surface area (Å²) in [6.07, 6.45) is 4.28. The van der Waals surface area contributed by atoms with E-state index in [0.717, 1.165) is 18.7 Å². The van der Waals surface area contributed by atoms with Crippen LogP contribution in [0.2, 0.25) is 0 Å². The molecule has 7 nitrogen and oxygen atoms in total. The number of benzene rings is 1. The van der Waals surface area contributed by atoms with Crippen LogP contribution in [0.25, 0.3) is 5.69 Å². The van der Waals surface area contributed by atoms with Gasteiger partial charge in [0, 0.05) is 19.3 Å². The molecule has 126 valence electrons. The number of rotatable bonds is 4. The van der Waals surface area contributed by atoms with Gasteiger partial charge in [0.2, 0.25) is 11.1 Å². The molecule has 0 saturated carbocycles. The predicted molar refractivity (Wildman–Crippen MR) is 93.2 cm³/mol. The molecule has 1 amide bonds. The van der Waals surface area contributed by atoms with Gasteiger partial charge in [-0.1, -0.05) is 36.0 Å². The van der Waals surface area contributed by atoms with Crippen molar-refractivity contribution >= 4 is 17.7 Å². The van der Waals surface area contributed by atoms with Crippen molar-refractivity contribution in [2.24, 2.45) is 0 Å². The Hall–Kier alpha value is -2.74. The number of hydrogen-bond donors (Lipinski definition) is 0. The normalized spacial score (nSPS) is 13.5. The predicted octanol–water partition coefficient (Wildman–Crippen LogP) is 1.73. The van der Waals surface area contributed by atoms with E-state index in [9.17, 15) is 4.79 Å². The Bertz CT molecular complexity index is 882. The first-order valence-electron chi connectivity index (χ1n) is 7.97. The lowest BCUT2D eigenvalue weighted by Gasteiger charge is -2.28. The minimum absolute atomic E-state index is 0.0974. The molecule has 0 bridgehead atoms. The van der Waals surface area contributed by atoms with E-state index in [0.29, 0.717) is 17.5 Å². The number of nitrogens with zero attached hydrogens (tertiary/aromatic N) is 6. The van der Waals surface area contributed by atoms with Crippen LogP contribution in [0.3, 0.4) is 0 Å². The van der Waals surface area contributed by atoms with Gasteiger partial charge in [-0.2, -0.15) is 4.68 Å². The molecule has 0 aliphatic carbocycles. The van der Waals surface area contributed by atoms with Gasteiger partial charge in [0.15, 0.2) is 0 Å². The van der Waals surface area contributed by atoms with Crippen LogP contribution in [-0.2, 0) is 17.8 Å². The summed E-state index contributed by atoms with van der Waals surface area (Å²) in [5, 5.41) is 12.3. The van der Waals surface area contributed by atoms with Crippen molar-refractivity contribution in [3.05, 3.63) is 59.9 Å². The summed E-state index contributed by atoms with van der Waals surface area (Å²) < 4.78 is 1.59. The highest BCUT2D eigenvalue weighted by Crippen LogP contribution is 2.22. The molecule has 0 N–H and O–H groups in total. The third kappa shape index (κ3) is 3.39. The third-order valence-corrected chi connectivity index (χ3v) is 5.04. The van der Waals surface area contributed by atoms with Gasteiger partial charge in [0.25, 0.3) is 0 Å². The molecule has 3 aromatic rings. The fourth-order valence-electron chi connectivity index (χ4n) is 2.84. The number of aromatic nitrogens is 5. The minimum Gasteiger partial charge on any atom is -0.337 e. The van der Waals surface area contributed by atoms with E-state index in [1.165, 1.54) is 22.9 Å². The average molecular weight is 352 g/mol. The fourth-order valence-corrected chi connectivity index (χ4v) is 3.63. The highest BCUT2D eigenvalue weighted by atomic mass is 32.2. The summed E-state index contributed by atoms with van der Waals surface area (Å²) in [6.45, 7) is 1.42. The maximum atomic E-state index is 12.6. The summed E-state index contributed by atoms with van der Waals surface area (Å²) >= 11 is 1.34. The molecular formula is C17H16N6OS. The zero-order valence-electron chi connectivity index (χ0n) is 13.4. The van der Waals surface area contributed by atoms with Crippen molar-refractivity contribution < 1.29 is 4.79 Å². The van der Waals surface area contributed by atoms with Crippen LogP contribution in [0.4, 0.5) is 0 Å². The first-order chi connectivity index (χ1) is 12.3. The second kappa shape index (κ2) is 7.02. The van der Waals surface area contributed by atoms with Crippen LogP contribution < -0.4 is 0 Å². The smallest absolute Gasteiger partial charge is 0.233 e. The second-order valence-electron chi connectivity index (χ2n) is 5.71. The lowest BCUT2D eigenvalue weighted by molar-refractivity contribution is -0.129. The molecule has 1 aromatic carbocycles. The van der Waals surface area contributed by atoms with E-state index in [1.807, 2.05) is 29.2 Å². The lowest BCUT2D eigenvalue weighted by Crippen LogP contribution is -2.37. The van der Waals surface area contributed by atoms with E-state index >= 15 is 0 Å². The number of tetrazole rings is 1. The number of carbonyl (C=O) groups is 1. The summed E-state index contributed by atoms with van der Waals surface area (Å²) in [4.78, 5) is 18.5. The van der Waals surface area contributed by atoms with E-state index in [2.05, 4.69) is 32.6 Å². The quantitative estimate of drug-likeness (QED) is 0.666. The molecule has 0 radical (unpaired) electrons. The molecule has 25 heavy (non-hydrogen) atoms. The minimum atomic E-state index is 0.0974. The van der Waals surface area contributed by atoms with Gasteiger partial charge in [-0.3, -0.25) is 9.78 Å². The maximum absolute atomic E-state index is 12.6. The number of hydrogen-bond acceptors (Lipinski definition) is 6. The Morgan fingerprint density at radius 3 is 2.88 bits per heavy atom. The first kappa shape index (κ1) is 15.8. The van der Waals surface area contributed by atoms with Crippen molar-refractivity contribution in [2.45, 2.75) is 18.1 Å². The standard InChI is InChI=1S/C17H16N6OS/c24-16(22-9-7-13-4-1-2-5-14(13)11-22)12-25-17-19-20-21-23(17)15-6-3-8-18-10-15/h1-6,8,10H,7,9,11-12H2. The zero-order valence-corrected chi connectivity index (χ0v) is 14.3. The first-order valence-corrected chi connectivity index (χ1v) is 8.96. The van der Waals surface area contributed by atoms with Crippen molar-refractivity contribution in [1.82, 2.24) is 30.1 Å². The Balaban J connectivity index is 1.41. The highest BCUT2D eigenvalue weighted by molar-refractivity contribution is 7.99. The van der Waals surface area contributed by atoms with E-state index < -0.39 is 0 Å². The molecule has 0 saturated heterocycles. The van der Waals surface area contributed by atoms with Crippen LogP contribution in [0.5, 0.6) is 0 Å². The van der Waals surface area contributed by atoms with Gasteiger partial charge in [-0.25, -0.2) is 0 Å². The van der Waals surface area contributed by atoms with Gasteiger partial charge < -0.3 is 4.90 Å². The molecule has 4 rings (SSSR count). The molecule has 8 heteroatoms. The van der Waals surface area contributed by atoms with Crippen LogP contribution in [0.15, 0.2) is 53.9 Å². The number of carbonyl (C=O) groups excluding carboxylic acids is 1. The topological polar surface area (TPSA) is 76.8 Å². The third-order valence-electron chi connectivity index (χ3n) is 4.14. The molecule has 0 atom stereocenters. The number of fused-ring (bicyclic) bond motifs is 1. The Morgan fingerprint density at radius 2 is 2.04 bits per heavy atom. The SMILES string of the molecule is O=C(CSc1nnnn1-c1cccnc1)N1CCc2ccccc2C1. The van der Waals surface area contributed by atoms with E-state index in [4.69, 9.17) is 0 Å². The van der Waals surface area contributed by atoms with Gasteiger partial charge in [0.05, 0.1) is 17.6 Å². The molecule has 0 unspecified atom stereocenters. The zero-order chi connectivity index (χ0) is 17.1. The summed E-state index contributed by atoms with van der Waals surface area (Å²) in [6, 6.07) is 12.0. The summed E-state index contributed by atoms with van der Waals surface area (Å²) in [7, 11) is 0. The molecule has 2 aromatic heterocycles. The fraction of sp³-hybridized carbons (Fsp3) is 0.235. The maximum Gasteiger partial charge on any atom is 0.233 e.